The summed E-state index contributed by atoms with van der Waals surface area (Å²) >= 11 is 0. The van der Waals surface area contributed by atoms with Crippen molar-refractivity contribution >= 4 is 22.7 Å². The number of carbonyl (C=O) groups excluding carboxylic acids is 2. The maximum atomic E-state index is 12.6. The zero-order valence-corrected chi connectivity index (χ0v) is 11.9. The predicted octanol–water partition coefficient (Wildman–Crippen LogP) is 3.78. The van der Waals surface area contributed by atoms with Crippen molar-refractivity contribution in [3.8, 4) is 0 Å². The van der Waals surface area contributed by atoms with Crippen LogP contribution in [0.3, 0.4) is 0 Å². The summed E-state index contributed by atoms with van der Waals surface area (Å²) in [5.41, 5.74) is 2.76. The predicted molar refractivity (Wildman–Crippen MR) is 83.5 cm³/mol. The molecule has 104 valence electrons. The van der Waals surface area contributed by atoms with Crippen molar-refractivity contribution in [2.75, 3.05) is 0 Å². The molecule has 0 amide bonds. The van der Waals surface area contributed by atoms with Crippen molar-refractivity contribution < 1.29 is 9.59 Å². The summed E-state index contributed by atoms with van der Waals surface area (Å²) in [6.07, 6.45) is 0.291. The molecule has 0 radical (unpaired) electrons. The molecule has 2 aromatic carbocycles. The monoisotopic (exact) mass is 276 g/mol. The Morgan fingerprint density at radius 3 is 1.76 bits per heavy atom. The van der Waals surface area contributed by atoms with E-state index in [2.05, 4.69) is 0 Å². The molecule has 1 aliphatic rings. The molecule has 0 bridgehead atoms. The van der Waals surface area contributed by atoms with Crippen molar-refractivity contribution in [1.29, 1.82) is 0 Å². The van der Waals surface area contributed by atoms with Crippen LogP contribution in [0.1, 0.15) is 24.5 Å². The van der Waals surface area contributed by atoms with Gasteiger partial charge in [0.2, 0.25) is 0 Å². The highest BCUT2D eigenvalue weighted by atomic mass is 16.1. The Bertz CT molecular complexity index is 712. The molecule has 2 aromatic rings. The Kier molecular flexibility index (Phi) is 3.53. The number of ketones is 2. The zero-order chi connectivity index (χ0) is 14.8. The summed E-state index contributed by atoms with van der Waals surface area (Å²) in [5, 5.41) is 0. The molecular weight excluding hydrogens is 260 g/mol. The van der Waals surface area contributed by atoms with E-state index in [0.29, 0.717) is 17.6 Å². The first-order valence-corrected chi connectivity index (χ1v) is 7.11. The molecule has 0 saturated heterocycles. The second-order valence-corrected chi connectivity index (χ2v) is 5.37. The summed E-state index contributed by atoms with van der Waals surface area (Å²) in [5.74, 6) is -0.146. The minimum Gasteiger partial charge on any atom is -0.294 e. The van der Waals surface area contributed by atoms with E-state index in [-0.39, 0.29) is 17.5 Å². The number of Topliss-reactive ketones (excluding diaryl/α,β-unsaturated/α-hetero) is 2. The van der Waals surface area contributed by atoms with E-state index >= 15 is 0 Å². The van der Waals surface area contributed by atoms with Gasteiger partial charge in [0, 0.05) is 23.5 Å². The van der Waals surface area contributed by atoms with E-state index < -0.39 is 0 Å². The highest BCUT2D eigenvalue weighted by molar-refractivity contribution is 6.44. The molecule has 1 aliphatic carbocycles. The molecule has 3 rings (SSSR count). The van der Waals surface area contributed by atoms with Gasteiger partial charge < -0.3 is 0 Å². The molecule has 1 unspecified atom stereocenters. The van der Waals surface area contributed by atoms with Gasteiger partial charge in [-0.2, -0.15) is 0 Å². The van der Waals surface area contributed by atoms with Gasteiger partial charge in [-0.25, -0.2) is 0 Å². The summed E-state index contributed by atoms with van der Waals surface area (Å²) in [6.45, 7) is 1.82. The highest BCUT2D eigenvalue weighted by Crippen LogP contribution is 2.36. The second kappa shape index (κ2) is 5.49. The summed E-state index contributed by atoms with van der Waals surface area (Å²) in [7, 11) is 0. The first kappa shape index (κ1) is 13.5. The maximum absolute atomic E-state index is 12.6. The molecule has 0 saturated carbocycles. The Hall–Kier alpha value is -2.48. The fourth-order valence-corrected chi connectivity index (χ4v) is 2.78. The van der Waals surface area contributed by atoms with Gasteiger partial charge in [0.25, 0.3) is 0 Å². The van der Waals surface area contributed by atoms with Crippen molar-refractivity contribution in [3.05, 3.63) is 71.8 Å². The van der Waals surface area contributed by atoms with Gasteiger partial charge in [-0.3, -0.25) is 9.59 Å². The molecule has 0 N–H and O–H groups in total. The van der Waals surface area contributed by atoms with Gasteiger partial charge in [-0.15, -0.1) is 0 Å². The number of hydrogen-bond acceptors (Lipinski definition) is 2. The Labute approximate surface area is 124 Å². The van der Waals surface area contributed by atoms with Crippen LogP contribution in [0.15, 0.2) is 60.7 Å². The largest absolute Gasteiger partial charge is 0.294 e. The maximum Gasteiger partial charge on any atom is 0.167 e. The van der Waals surface area contributed by atoms with Crippen LogP contribution in [-0.4, -0.2) is 11.6 Å². The van der Waals surface area contributed by atoms with Crippen molar-refractivity contribution in [2.45, 2.75) is 13.3 Å². The summed E-state index contributed by atoms with van der Waals surface area (Å²) in [4.78, 5) is 25.2. The van der Waals surface area contributed by atoms with E-state index in [1.54, 1.807) is 0 Å². The molecule has 0 fully saturated rings. The number of hydrogen-bond donors (Lipinski definition) is 0. The van der Waals surface area contributed by atoms with Gasteiger partial charge in [0.1, 0.15) is 0 Å². The van der Waals surface area contributed by atoms with Gasteiger partial charge >= 0.3 is 0 Å². The lowest BCUT2D eigenvalue weighted by Gasteiger charge is -2.23. The third-order valence-electron chi connectivity index (χ3n) is 3.84. The van der Waals surface area contributed by atoms with Gasteiger partial charge in [0.15, 0.2) is 11.6 Å². The van der Waals surface area contributed by atoms with Crippen LogP contribution in [0.2, 0.25) is 0 Å². The molecule has 0 aliphatic heterocycles. The molecule has 0 spiro atoms. The van der Waals surface area contributed by atoms with Crippen LogP contribution < -0.4 is 0 Å². The molecule has 21 heavy (non-hydrogen) atoms. The average molecular weight is 276 g/mol. The Morgan fingerprint density at radius 2 is 1.24 bits per heavy atom. The van der Waals surface area contributed by atoms with Crippen LogP contribution in [0.25, 0.3) is 11.1 Å². The van der Waals surface area contributed by atoms with E-state index in [4.69, 9.17) is 0 Å². The number of carbonyl (C=O) groups is 2. The summed E-state index contributed by atoms with van der Waals surface area (Å²) in [6, 6.07) is 18.9. The van der Waals surface area contributed by atoms with Gasteiger partial charge in [-0.05, 0) is 11.1 Å². The van der Waals surface area contributed by atoms with Gasteiger partial charge in [-0.1, -0.05) is 67.6 Å². The lowest BCUT2D eigenvalue weighted by molar-refractivity contribution is -0.122. The van der Waals surface area contributed by atoms with E-state index in [0.717, 1.165) is 11.1 Å². The van der Waals surface area contributed by atoms with Crippen LogP contribution in [0.4, 0.5) is 0 Å². The zero-order valence-electron chi connectivity index (χ0n) is 11.9. The highest BCUT2D eigenvalue weighted by Gasteiger charge is 2.33. The van der Waals surface area contributed by atoms with Crippen LogP contribution in [0.5, 0.6) is 0 Å². The number of allylic oxidation sites excluding steroid dienone is 2. The minimum atomic E-state index is -0.250. The Morgan fingerprint density at radius 1 is 0.762 bits per heavy atom. The number of benzene rings is 2. The minimum absolute atomic E-state index is 0.0483. The standard InChI is InChI=1S/C19H16O2/c1-13-12-16(20)17(14-8-4-2-5-9-14)18(19(13)21)15-10-6-3-7-11-15/h2-11,13H,12H2,1H3. The fourth-order valence-electron chi connectivity index (χ4n) is 2.78. The Balaban J connectivity index is 2.28. The van der Waals surface area contributed by atoms with Crippen molar-refractivity contribution in [3.63, 3.8) is 0 Å². The fraction of sp³-hybridized carbons (Fsp3) is 0.158. The van der Waals surface area contributed by atoms with Crippen molar-refractivity contribution in [1.82, 2.24) is 0 Å². The molecule has 2 nitrogen and oxygen atoms in total. The van der Waals surface area contributed by atoms with Gasteiger partial charge in [0.05, 0.1) is 0 Å². The normalized spacial score (nSPS) is 19.0. The molecule has 1 atom stereocenters. The third-order valence-corrected chi connectivity index (χ3v) is 3.84. The summed E-state index contributed by atoms with van der Waals surface area (Å²) < 4.78 is 0. The smallest absolute Gasteiger partial charge is 0.167 e. The van der Waals surface area contributed by atoms with Crippen LogP contribution in [0, 0.1) is 5.92 Å². The lowest BCUT2D eigenvalue weighted by Crippen LogP contribution is -2.25. The first-order chi connectivity index (χ1) is 10.2. The van der Waals surface area contributed by atoms with E-state index in [1.807, 2.05) is 67.6 Å². The lowest BCUT2D eigenvalue weighted by atomic mass is 9.77. The quantitative estimate of drug-likeness (QED) is 0.836. The van der Waals surface area contributed by atoms with Crippen molar-refractivity contribution in [2.24, 2.45) is 5.92 Å². The molecule has 0 heterocycles. The van der Waals surface area contributed by atoms with Crippen LogP contribution >= 0.6 is 0 Å². The second-order valence-electron chi connectivity index (χ2n) is 5.37. The SMILES string of the molecule is CC1CC(=O)C(c2ccccc2)=C(c2ccccc2)C1=O. The molecular formula is C19H16O2. The topological polar surface area (TPSA) is 34.1 Å². The number of rotatable bonds is 2. The first-order valence-electron chi connectivity index (χ1n) is 7.11. The van der Waals surface area contributed by atoms with E-state index in [9.17, 15) is 9.59 Å². The molecule has 0 aromatic heterocycles. The van der Waals surface area contributed by atoms with Crippen LogP contribution in [-0.2, 0) is 9.59 Å². The van der Waals surface area contributed by atoms with E-state index in [1.165, 1.54) is 0 Å². The molecule has 2 heteroatoms. The third kappa shape index (κ3) is 2.45. The average Bonchev–Trinajstić information content (AvgIpc) is 2.52.